The van der Waals surface area contributed by atoms with Gasteiger partial charge < -0.3 is 10.1 Å². The van der Waals surface area contributed by atoms with Crippen LogP contribution in [0.4, 0.5) is 5.69 Å². The molecule has 5 heteroatoms. The van der Waals surface area contributed by atoms with E-state index in [1.54, 1.807) is 6.92 Å². The van der Waals surface area contributed by atoms with Crippen LogP contribution in [-0.2, 0) is 22.4 Å². The number of rotatable bonds is 4. The first-order valence-electron chi connectivity index (χ1n) is 9.93. The highest BCUT2D eigenvalue weighted by Crippen LogP contribution is 2.30. The number of anilines is 1. The molecule has 4 rings (SSSR count). The van der Waals surface area contributed by atoms with Gasteiger partial charge >= 0.3 is 5.97 Å². The van der Waals surface area contributed by atoms with Crippen LogP contribution < -0.4 is 5.32 Å². The minimum Gasteiger partial charge on any atom is -0.449 e. The number of esters is 1. The molecule has 1 aromatic heterocycles. The van der Waals surface area contributed by atoms with Gasteiger partial charge in [0.2, 0.25) is 0 Å². The van der Waals surface area contributed by atoms with Crippen molar-refractivity contribution in [3.05, 3.63) is 70.4 Å². The van der Waals surface area contributed by atoms with E-state index in [-0.39, 0.29) is 5.91 Å². The predicted molar refractivity (Wildman–Crippen MR) is 113 cm³/mol. The van der Waals surface area contributed by atoms with Crippen molar-refractivity contribution < 1.29 is 14.3 Å². The minimum absolute atomic E-state index is 0.347. The number of aromatic nitrogens is 1. The topological polar surface area (TPSA) is 68.3 Å². The van der Waals surface area contributed by atoms with Gasteiger partial charge in [-0.3, -0.25) is 9.78 Å². The van der Waals surface area contributed by atoms with Crippen LogP contribution >= 0.6 is 0 Å². The SMILES string of the molecule is Cc1ccc(NC(=O)C(C)OC(=O)c2c3c(nc4ccccc24)CCC3)c(C)c1. The van der Waals surface area contributed by atoms with Crippen LogP contribution in [0.2, 0.25) is 0 Å². The molecule has 1 atom stereocenters. The fourth-order valence-electron chi connectivity index (χ4n) is 3.91. The highest BCUT2D eigenvalue weighted by Gasteiger charge is 2.27. The maximum Gasteiger partial charge on any atom is 0.339 e. The van der Waals surface area contributed by atoms with Crippen LogP contribution in [0.3, 0.4) is 0 Å². The van der Waals surface area contributed by atoms with E-state index in [2.05, 4.69) is 5.32 Å². The van der Waals surface area contributed by atoms with Gasteiger partial charge in [0.05, 0.1) is 11.1 Å². The molecule has 1 aliphatic carbocycles. The highest BCUT2D eigenvalue weighted by atomic mass is 16.5. The van der Waals surface area contributed by atoms with Crippen molar-refractivity contribution in [1.29, 1.82) is 0 Å². The molecule has 3 aromatic rings. The molecule has 1 amide bonds. The van der Waals surface area contributed by atoms with Crippen molar-refractivity contribution >= 4 is 28.5 Å². The Labute approximate surface area is 170 Å². The lowest BCUT2D eigenvalue weighted by Gasteiger charge is -2.17. The number of hydrogen-bond acceptors (Lipinski definition) is 4. The lowest BCUT2D eigenvalue weighted by Crippen LogP contribution is -2.30. The molecule has 0 spiro atoms. The van der Waals surface area contributed by atoms with E-state index in [0.29, 0.717) is 5.56 Å². The molecule has 0 saturated heterocycles. The van der Waals surface area contributed by atoms with E-state index in [0.717, 1.165) is 58.2 Å². The summed E-state index contributed by atoms with van der Waals surface area (Å²) in [5.74, 6) is -0.815. The summed E-state index contributed by atoms with van der Waals surface area (Å²) in [6, 6.07) is 13.4. The van der Waals surface area contributed by atoms with Gasteiger partial charge in [-0.15, -0.1) is 0 Å². The molecular formula is C24H24N2O3. The van der Waals surface area contributed by atoms with Crippen LogP contribution in [0.15, 0.2) is 42.5 Å². The van der Waals surface area contributed by atoms with E-state index >= 15 is 0 Å². The van der Waals surface area contributed by atoms with Crippen molar-refractivity contribution in [1.82, 2.24) is 4.98 Å². The smallest absolute Gasteiger partial charge is 0.339 e. The Hall–Kier alpha value is -3.21. The average molecular weight is 388 g/mol. The second-order valence-electron chi connectivity index (χ2n) is 7.64. The van der Waals surface area contributed by atoms with E-state index in [4.69, 9.17) is 9.72 Å². The van der Waals surface area contributed by atoms with Crippen molar-refractivity contribution in [2.75, 3.05) is 5.32 Å². The van der Waals surface area contributed by atoms with E-state index in [1.807, 2.05) is 56.3 Å². The van der Waals surface area contributed by atoms with Gasteiger partial charge in [0.25, 0.3) is 5.91 Å². The van der Waals surface area contributed by atoms with E-state index in [1.165, 1.54) is 0 Å². The number of nitrogens with zero attached hydrogens (tertiary/aromatic N) is 1. The maximum atomic E-state index is 13.1. The molecule has 29 heavy (non-hydrogen) atoms. The largest absolute Gasteiger partial charge is 0.449 e. The summed E-state index contributed by atoms with van der Waals surface area (Å²) in [7, 11) is 0. The third kappa shape index (κ3) is 3.73. The van der Waals surface area contributed by atoms with E-state index in [9.17, 15) is 9.59 Å². The number of benzene rings is 2. The van der Waals surface area contributed by atoms with Crippen LogP contribution in [0.25, 0.3) is 10.9 Å². The summed E-state index contributed by atoms with van der Waals surface area (Å²) in [5, 5.41) is 3.63. The lowest BCUT2D eigenvalue weighted by atomic mass is 10.0. The molecule has 5 nitrogen and oxygen atoms in total. The molecule has 148 valence electrons. The number of carbonyl (C=O) groups excluding carboxylic acids is 2. The molecule has 1 unspecified atom stereocenters. The lowest BCUT2D eigenvalue weighted by molar-refractivity contribution is -0.123. The Kier molecular flexibility index (Phi) is 5.05. The Morgan fingerprint density at radius 2 is 1.90 bits per heavy atom. The Bertz CT molecular complexity index is 1120. The van der Waals surface area contributed by atoms with Crippen LogP contribution in [0.1, 0.15) is 46.1 Å². The average Bonchev–Trinajstić information content (AvgIpc) is 3.15. The second kappa shape index (κ2) is 7.66. The maximum absolute atomic E-state index is 13.1. The predicted octanol–water partition coefficient (Wildman–Crippen LogP) is 4.52. The number of aryl methyl sites for hydroxylation is 3. The zero-order valence-electron chi connectivity index (χ0n) is 16.9. The molecule has 1 heterocycles. The van der Waals surface area contributed by atoms with Gasteiger partial charge in [0.1, 0.15) is 0 Å². The highest BCUT2D eigenvalue weighted by molar-refractivity contribution is 6.06. The molecule has 2 aromatic carbocycles. The molecule has 0 radical (unpaired) electrons. The monoisotopic (exact) mass is 388 g/mol. The third-order valence-electron chi connectivity index (χ3n) is 5.42. The molecule has 0 fully saturated rings. The second-order valence-corrected chi connectivity index (χ2v) is 7.64. The van der Waals surface area contributed by atoms with Crippen molar-refractivity contribution in [2.24, 2.45) is 0 Å². The number of amides is 1. The molecule has 0 saturated carbocycles. The number of pyridine rings is 1. The molecular weight excluding hydrogens is 364 g/mol. The Morgan fingerprint density at radius 3 is 2.69 bits per heavy atom. The Balaban J connectivity index is 1.57. The zero-order chi connectivity index (χ0) is 20.5. The summed E-state index contributed by atoms with van der Waals surface area (Å²) in [4.78, 5) is 30.4. The molecule has 0 aliphatic heterocycles. The van der Waals surface area contributed by atoms with Crippen molar-refractivity contribution in [3.63, 3.8) is 0 Å². The van der Waals surface area contributed by atoms with Crippen LogP contribution in [-0.4, -0.2) is 23.0 Å². The first-order chi connectivity index (χ1) is 13.9. The fourth-order valence-corrected chi connectivity index (χ4v) is 3.91. The van der Waals surface area contributed by atoms with Crippen molar-refractivity contribution in [2.45, 2.75) is 46.1 Å². The summed E-state index contributed by atoms with van der Waals surface area (Å²) < 4.78 is 5.59. The number of carbonyl (C=O) groups is 2. The summed E-state index contributed by atoms with van der Waals surface area (Å²) in [6.45, 7) is 5.53. The summed E-state index contributed by atoms with van der Waals surface area (Å²) in [5.41, 5.74) is 6.06. The number of fused-ring (bicyclic) bond motifs is 2. The summed E-state index contributed by atoms with van der Waals surface area (Å²) >= 11 is 0. The molecule has 0 bridgehead atoms. The van der Waals surface area contributed by atoms with Gasteiger partial charge in [-0.1, -0.05) is 35.9 Å². The Morgan fingerprint density at radius 1 is 1.10 bits per heavy atom. The van der Waals surface area contributed by atoms with Gasteiger partial charge in [0.15, 0.2) is 6.10 Å². The van der Waals surface area contributed by atoms with Crippen LogP contribution in [0.5, 0.6) is 0 Å². The standard InChI is InChI=1S/C24H24N2O3/c1-14-11-12-19(15(2)13-14)26-23(27)16(3)29-24(28)22-17-7-4-5-9-20(17)25-21-10-6-8-18(21)22/h4-5,7,9,11-13,16H,6,8,10H2,1-3H3,(H,26,27). The number of hydrogen-bond donors (Lipinski definition) is 1. The number of ether oxygens (including phenoxy) is 1. The molecule has 1 aliphatic rings. The summed E-state index contributed by atoms with van der Waals surface area (Å²) in [6.07, 6.45) is 1.73. The quantitative estimate of drug-likeness (QED) is 0.667. The van der Waals surface area contributed by atoms with Gasteiger partial charge in [-0.2, -0.15) is 0 Å². The van der Waals surface area contributed by atoms with Crippen molar-refractivity contribution in [3.8, 4) is 0 Å². The number of nitrogens with one attached hydrogen (secondary N) is 1. The van der Waals surface area contributed by atoms with Gasteiger partial charge in [-0.05, 0) is 63.3 Å². The van der Waals surface area contributed by atoms with Gasteiger partial charge in [-0.25, -0.2) is 4.79 Å². The fraction of sp³-hybridized carbons (Fsp3) is 0.292. The molecule has 1 N–H and O–H groups in total. The van der Waals surface area contributed by atoms with E-state index < -0.39 is 12.1 Å². The minimum atomic E-state index is -0.910. The first kappa shape index (κ1) is 19.1. The zero-order valence-corrected chi connectivity index (χ0v) is 16.9. The van der Waals surface area contributed by atoms with Crippen LogP contribution in [0, 0.1) is 13.8 Å². The van der Waals surface area contributed by atoms with Gasteiger partial charge in [0, 0.05) is 16.8 Å². The first-order valence-corrected chi connectivity index (χ1v) is 9.93. The normalized spacial score (nSPS) is 13.8. The third-order valence-corrected chi connectivity index (χ3v) is 5.42. The number of para-hydroxylation sites is 1.